The maximum Gasteiger partial charge on any atom is 0.402 e. The Morgan fingerprint density at radius 1 is 1.33 bits per heavy atom. The van der Waals surface area contributed by atoms with E-state index in [9.17, 15) is 21.6 Å². The zero-order chi connectivity index (χ0) is 16.3. The average molecular weight is 326 g/mol. The molecule has 0 atom stereocenters. The highest BCUT2D eigenvalue weighted by Gasteiger charge is 2.35. The minimum atomic E-state index is -4.61. The second kappa shape index (κ2) is 6.63. The summed E-state index contributed by atoms with van der Waals surface area (Å²) in [4.78, 5) is -0.295. The van der Waals surface area contributed by atoms with Gasteiger partial charge in [-0.25, -0.2) is 8.42 Å². The molecule has 5 nitrogen and oxygen atoms in total. The van der Waals surface area contributed by atoms with E-state index in [1.165, 1.54) is 25.3 Å². The van der Waals surface area contributed by atoms with Gasteiger partial charge in [-0.3, -0.25) is 0 Å². The van der Waals surface area contributed by atoms with Crippen LogP contribution in [-0.2, 0) is 16.6 Å². The lowest BCUT2D eigenvalue weighted by Crippen LogP contribution is -2.36. The van der Waals surface area contributed by atoms with Crippen molar-refractivity contribution < 1.29 is 26.3 Å². The Kier molecular flexibility index (Phi) is 5.60. The predicted molar refractivity (Wildman–Crippen MR) is 71.6 cm³/mol. The third-order valence-electron chi connectivity index (χ3n) is 2.70. The molecule has 1 N–H and O–H groups in total. The largest absolute Gasteiger partial charge is 0.495 e. The zero-order valence-corrected chi connectivity index (χ0v) is 12.7. The third-order valence-corrected chi connectivity index (χ3v) is 4.54. The maximum atomic E-state index is 12.4. The maximum absolute atomic E-state index is 12.4. The molecule has 0 spiro atoms. The summed E-state index contributed by atoms with van der Waals surface area (Å²) >= 11 is 0. The van der Waals surface area contributed by atoms with Crippen LogP contribution in [0, 0.1) is 0 Å². The van der Waals surface area contributed by atoms with Crippen molar-refractivity contribution in [3.8, 4) is 5.75 Å². The van der Waals surface area contributed by atoms with Gasteiger partial charge in [0, 0.05) is 13.6 Å². The quantitative estimate of drug-likeness (QED) is 0.863. The first-order valence-electron chi connectivity index (χ1n) is 5.96. The van der Waals surface area contributed by atoms with Crippen LogP contribution in [0.3, 0.4) is 0 Å². The molecule has 21 heavy (non-hydrogen) atoms. The number of halogens is 3. The molecule has 120 valence electrons. The van der Waals surface area contributed by atoms with Crippen molar-refractivity contribution in [2.75, 3.05) is 27.7 Å². The van der Waals surface area contributed by atoms with Crippen molar-refractivity contribution in [2.45, 2.75) is 17.6 Å². The minimum Gasteiger partial charge on any atom is -0.495 e. The molecular formula is C12H17F3N2O3S. The first-order valence-corrected chi connectivity index (χ1v) is 7.40. The number of sulfonamides is 1. The monoisotopic (exact) mass is 326 g/mol. The lowest BCUT2D eigenvalue weighted by atomic mass is 10.2. The Balaban J connectivity index is 3.19. The molecule has 9 heteroatoms. The Bertz CT molecular complexity index is 588. The van der Waals surface area contributed by atoms with Gasteiger partial charge < -0.3 is 10.1 Å². The van der Waals surface area contributed by atoms with Crippen LogP contribution in [0.25, 0.3) is 0 Å². The first-order chi connectivity index (χ1) is 9.61. The van der Waals surface area contributed by atoms with Crippen molar-refractivity contribution in [3.05, 3.63) is 23.8 Å². The SMILES string of the molecule is CNCc1ccc(S(=O)(=O)N(C)CC(F)(F)F)c(OC)c1. The lowest BCUT2D eigenvalue weighted by Gasteiger charge is -2.20. The molecular weight excluding hydrogens is 309 g/mol. The number of nitrogens with zero attached hydrogens (tertiary/aromatic N) is 1. The highest BCUT2D eigenvalue weighted by atomic mass is 32.2. The normalized spacial score (nSPS) is 12.7. The van der Waals surface area contributed by atoms with Crippen molar-refractivity contribution in [3.63, 3.8) is 0 Å². The topological polar surface area (TPSA) is 58.6 Å². The van der Waals surface area contributed by atoms with Crippen molar-refractivity contribution in [1.29, 1.82) is 0 Å². The average Bonchev–Trinajstić information content (AvgIpc) is 2.36. The Morgan fingerprint density at radius 3 is 2.43 bits per heavy atom. The number of alkyl halides is 3. The highest BCUT2D eigenvalue weighted by Crippen LogP contribution is 2.29. The molecule has 1 aromatic carbocycles. The molecule has 0 radical (unpaired) electrons. The van der Waals surface area contributed by atoms with Gasteiger partial charge in [-0.05, 0) is 24.7 Å². The van der Waals surface area contributed by atoms with E-state index in [0.717, 1.165) is 12.6 Å². The van der Waals surface area contributed by atoms with Crippen molar-refractivity contribution in [1.82, 2.24) is 9.62 Å². The summed E-state index contributed by atoms with van der Waals surface area (Å²) in [6.07, 6.45) is -4.61. The van der Waals surface area contributed by atoms with Crippen LogP contribution in [0.5, 0.6) is 5.75 Å². The third kappa shape index (κ3) is 4.58. The van der Waals surface area contributed by atoms with E-state index >= 15 is 0 Å². The number of hydrogen-bond donors (Lipinski definition) is 1. The van der Waals surface area contributed by atoms with E-state index in [4.69, 9.17) is 4.74 Å². The smallest absolute Gasteiger partial charge is 0.402 e. The molecule has 0 aromatic heterocycles. The van der Waals surface area contributed by atoms with E-state index in [-0.39, 0.29) is 15.0 Å². The highest BCUT2D eigenvalue weighted by molar-refractivity contribution is 7.89. The molecule has 0 aliphatic carbocycles. The fraction of sp³-hybridized carbons (Fsp3) is 0.500. The first kappa shape index (κ1) is 17.7. The van der Waals surface area contributed by atoms with E-state index in [1.807, 2.05) is 0 Å². The molecule has 0 amide bonds. The van der Waals surface area contributed by atoms with E-state index in [2.05, 4.69) is 5.32 Å². The minimum absolute atomic E-state index is 0.0109. The summed E-state index contributed by atoms with van der Waals surface area (Å²) in [7, 11) is -0.418. The molecule has 1 aromatic rings. The number of hydrogen-bond acceptors (Lipinski definition) is 4. The summed E-state index contributed by atoms with van der Waals surface area (Å²) in [5.41, 5.74) is 0.756. The predicted octanol–water partition coefficient (Wildman–Crippen LogP) is 1.60. The molecule has 1 rings (SSSR count). The van der Waals surface area contributed by atoms with Crippen LogP contribution in [0.15, 0.2) is 23.1 Å². The summed E-state index contributed by atoms with van der Waals surface area (Å²) in [5, 5.41) is 2.88. The van der Waals surface area contributed by atoms with Gasteiger partial charge >= 0.3 is 6.18 Å². The van der Waals surface area contributed by atoms with E-state index in [1.54, 1.807) is 7.05 Å². The van der Waals surface area contributed by atoms with E-state index < -0.39 is 22.7 Å². The number of ether oxygens (including phenoxy) is 1. The van der Waals surface area contributed by atoms with Gasteiger partial charge in [-0.1, -0.05) is 6.07 Å². The van der Waals surface area contributed by atoms with Crippen LogP contribution in [0.1, 0.15) is 5.56 Å². The number of rotatable bonds is 6. The van der Waals surface area contributed by atoms with Gasteiger partial charge in [0.05, 0.1) is 7.11 Å². The molecule has 0 aliphatic heterocycles. The second-order valence-corrected chi connectivity index (χ2v) is 6.41. The zero-order valence-electron chi connectivity index (χ0n) is 11.9. The van der Waals surface area contributed by atoms with Gasteiger partial charge in [-0.2, -0.15) is 17.5 Å². The summed E-state index contributed by atoms with van der Waals surface area (Å²) < 4.78 is 66.7. The molecule has 0 bridgehead atoms. The van der Waals surface area contributed by atoms with Gasteiger partial charge in [0.25, 0.3) is 0 Å². The van der Waals surface area contributed by atoms with Crippen molar-refractivity contribution in [2.24, 2.45) is 0 Å². The van der Waals surface area contributed by atoms with Crippen LogP contribution in [0.4, 0.5) is 13.2 Å². The Morgan fingerprint density at radius 2 is 1.95 bits per heavy atom. The molecule has 0 aliphatic rings. The summed E-state index contributed by atoms with van der Waals surface area (Å²) in [5.74, 6) is 0.0109. The van der Waals surface area contributed by atoms with Gasteiger partial charge in [-0.15, -0.1) is 0 Å². The van der Waals surface area contributed by atoms with Gasteiger partial charge in [0.1, 0.15) is 17.2 Å². The number of nitrogens with one attached hydrogen (secondary N) is 1. The van der Waals surface area contributed by atoms with Gasteiger partial charge in [0.15, 0.2) is 0 Å². The van der Waals surface area contributed by atoms with Crippen molar-refractivity contribution >= 4 is 10.0 Å². The van der Waals surface area contributed by atoms with Crippen LogP contribution in [-0.4, -0.2) is 46.6 Å². The van der Waals surface area contributed by atoms with Crippen LogP contribution >= 0.6 is 0 Å². The van der Waals surface area contributed by atoms with Crippen LogP contribution < -0.4 is 10.1 Å². The van der Waals surface area contributed by atoms with E-state index in [0.29, 0.717) is 6.54 Å². The molecule has 0 heterocycles. The number of benzene rings is 1. The van der Waals surface area contributed by atoms with Gasteiger partial charge in [0.2, 0.25) is 10.0 Å². The summed E-state index contributed by atoms with van der Waals surface area (Å²) in [6, 6.07) is 4.24. The lowest BCUT2D eigenvalue weighted by molar-refractivity contribution is -0.134. The molecule has 0 unspecified atom stereocenters. The second-order valence-electron chi connectivity index (χ2n) is 4.39. The fourth-order valence-corrected chi connectivity index (χ4v) is 3.03. The molecule has 0 saturated carbocycles. The standard InChI is InChI=1S/C12H17F3N2O3S/c1-16-7-9-4-5-11(10(6-9)20-3)21(18,19)17(2)8-12(13,14)15/h4-6,16H,7-8H2,1-3H3. The Hall–Kier alpha value is -1.32. The fourth-order valence-electron chi connectivity index (χ4n) is 1.74. The Labute approximate surface area is 121 Å². The molecule has 0 fully saturated rings. The van der Waals surface area contributed by atoms with Crippen LogP contribution in [0.2, 0.25) is 0 Å². The summed E-state index contributed by atoms with van der Waals surface area (Å²) in [6.45, 7) is -1.08. The number of methoxy groups -OCH3 is 1. The molecule has 0 saturated heterocycles.